The molecule has 0 saturated heterocycles. The molecule has 4 nitrogen and oxygen atoms in total. The summed E-state index contributed by atoms with van der Waals surface area (Å²) in [6.07, 6.45) is 4.84. The van der Waals surface area contributed by atoms with Gasteiger partial charge in [0.1, 0.15) is 5.58 Å². The van der Waals surface area contributed by atoms with E-state index < -0.39 is 0 Å². The zero-order chi connectivity index (χ0) is 48.9. The lowest BCUT2D eigenvalue weighted by Gasteiger charge is -2.50. The van der Waals surface area contributed by atoms with Crippen LogP contribution in [0.2, 0.25) is 0 Å². The molecule has 5 heteroatoms. The molecule has 70 heavy (non-hydrogen) atoms. The van der Waals surface area contributed by atoms with Crippen molar-refractivity contribution >= 4 is 79.8 Å². The third kappa shape index (κ3) is 6.55. The summed E-state index contributed by atoms with van der Waals surface area (Å²) in [4.78, 5) is 7.89. The predicted molar refractivity (Wildman–Crippen MR) is 299 cm³/mol. The lowest BCUT2D eigenvalue weighted by molar-refractivity contribution is 0.195. The maximum Gasteiger partial charge on any atom is 0.297 e. The average molecular weight is 918 g/mol. The predicted octanol–water partition coefficient (Wildman–Crippen LogP) is 16.1. The van der Waals surface area contributed by atoms with Gasteiger partial charge >= 0.3 is 0 Å². The molecule has 12 rings (SSSR count). The Morgan fingerprint density at radius 3 is 1.86 bits per heavy atom. The molecule has 2 atom stereocenters. The van der Waals surface area contributed by atoms with E-state index in [1.54, 1.807) is 0 Å². The highest BCUT2D eigenvalue weighted by Crippen LogP contribution is 2.61. The number of anilines is 8. The van der Waals surface area contributed by atoms with Crippen molar-refractivity contribution in [1.82, 2.24) is 0 Å². The Labute approximate surface area is 417 Å². The third-order valence-corrected chi connectivity index (χ3v) is 17.1. The zero-order valence-corrected chi connectivity index (χ0v) is 43.5. The average Bonchev–Trinajstić information content (AvgIpc) is 3.80. The highest BCUT2D eigenvalue weighted by atomic mass is 16.3. The first-order valence-corrected chi connectivity index (χ1v) is 25.9. The number of furan rings is 1. The SMILES string of the molecule is Cc1cc2c3c(c1)N(c1ccc(C(C)(C)C)cc1-c1ccccc1)c1c(oc4cc(C(C)(C)C)ccc14)B3c1ccc(N3c4ccccc4C4(C)CCCCC34C)cc1N2c1ccc(C(C)(C)C)cc1. The van der Waals surface area contributed by atoms with Crippen LogP contribution in [0.25, 0.3) is 22.1 Å². The number of fused-ring (bicyclic) bond motifs is 9. The molecule has 0 N–H and O–H groups in total. The van der Waals surface area contributed by atoms with Crippen molar-refractivity contribution < 1.29 is 4.42 Å². The summed E-state index contributed by atoms with van der Waals surface area (Å²) in [6, 6.07) is 56.1. The van der Waals surface area contributed by atoms with Crippen LogP contribution in [0.15, 0.2) is 150 Å². The fraction of sp³-hybridized carbons (Fsp3) is 0.323. The van der Waals surface area contributed by atoms with Crippen molar-refractivity contribution in [2.75, 3.05) is 14.7 Å². The van der Waals surface area contributed by atoms with Crippen molar-refractivity contribution in [2.24, 2.45) is 0 Å². The van der Waals surface area contributed by atoms with Crippen molar-refractivity contribution in [2.45, 2.75) is 136 Å². The van der Waals surface area contributed by atoms with Gasteiger partial charge in [-0.2, -0.15) is 0 Å². The summed E-state index contributed by atoms with van der Waals surface area (Å²) in [5.41, 5.74) is 23.0. The summed E-state index contributed by atoms with van der Waals surface area (Å²) >= 11 is 0. The van der Waals surface area contributed by atoms with Crippen LogP contribution in [0.4, 0.5) is 45.5 Å². The topological polar surface area (TPSA) is 22.9 Å². The molecule has 1 saturated carbocycles. The smallest absolute Gasteiger partial charge is 0.297 e. The van der Waals surface area contributed by atoms with Crippen LogP contribution in [0.3, 0.4) is 0 Å². The van der Waals surface area contributed by atoms with Gasteiger partial charge < -0.3 is 19.1 Å². The van der Waals surface area contributed by atoms with Crippen molar-refractivity contribution in [3.05, 3.63) is 173 Å². The summed E-state index contributed by atoms with van der Waals surface area (Å²) in [5, 5.41) is 1.13. The van der Waals surface area contributed by atoms with E-state index in [1.165, 1.54) is 97.6 Å². The van der Waals surface area contributed by atoms with Gasteiger partial charge in [0.15, 0.2) is 0 Å². The number of hydrogen-bond donors (Lipinski definition) is 0. The van der Waals surface area contributed by atoms with E-state index >= 15 is 0 Å². The van der Waals surface area contributed by atoms with E-state index in [-0.39, 0.29) is 33.9 Å². The van der Waals surface area contributed by atoms with Crippen LogP contribution < -0.4 is 31.3 Å². The Balaban J connectivity index is 1.17. The first-order chi connectivity index (χ1) is 33.3. The molecule has 8 aromatic rings. The Morgan fingerprint density at radius 1 is 0.529 bits per heavy atom. The van der Waals surface area contributed by atoms with Crippen LogP contribution in [-0.4, -0.2) is 12.3 Å². The Kier molecular flexibility index (Phi) is 9.76. The molecule has 4 heterocycles. The van der Waals surface area contributed by atoms with Gasteiger partial charge in [-0.05, 0) is 154 Å². The minimum Gasteiger partial charge on any atom is -0.468 e. The van der Waals surface area contributed by atoms with Crippen molar-refractivity contribution in [3.8, 4) is 11.1 Å². The molecule has 3 aliphatic heterocycles. The maximum absolute atomic E-state index is 7.54. The molecule has 1 aliphatic carbocycles. The second-order valence-corrected chi connectivity index (χ2v) is 24.7. The summed E-state index contributed by atoms with van der Waals surface area (Å²) in [6.45, 7) is 27.9. The molecule has 1 fully saturated rings. The molecular weight excluding hydrogens is 850 g/mol. The molecule has 352 valence electrons. The summed E-state index contributed by atoms with van der Waals surface area (Å²) in [7, 11) is 0. The summed E-state index contributed by atoms with van der Waals surface area (Å²) in [5.74, 6) is 0. The van der Waals surface area contributed by atoms with Crippen LogP contribution in [0, 0.1) is 6.92 Å². The molecule has 2 unspecified atom stereocenters. The van der Waals surface area contributed by atoms with Gasteiger partial charge in [-0.15, -0.1) is 0 Å². The Morgan fingerprint density at radius 2 is 1.14 bits per heavy atom. The van der Waals surface area contributed by atoms with Gasteiger partial charge in [0.25, 0.3) is 6.71 Å². The number of benzene rings is 7. The third-order valence-electron chi connectivity index (χ3n) is 17.1. The number of nitrogens with zero attached hydrogens (tertiary/aromatic N) is 3. The van der Waals surface area contributed by atoms with Crippen LogP contribution in [0.5, 0.6) is 0 Å². The fourth-order valence-corrected chi connectivity index (χ4v) is 13.0. The van der Waals surface area contributed by atoms with Gasteiger partial charge in [0, 0.05) is 50.5 Å². The maximum atomic E-state index is 7.54. The molecule has 4 aliphatic rings. The van der Waals surface area contributed by atoms with Gasteiger partial charge in [0.2, 0.25) is 0 Å². The lowest BCUT2D eigenvalue weighted by atomic mass is 9.35. The van der Waals surface area contributed by atoms with Crippen LogP contribution in [0.1, 0.15) is 130 Å². The van der Waals surface area contributed by atoms with E-state index in [1.807, 2.05) is 0 Å². The van der Waals surface area contributed by atoms with E-state index in [0.717, 1.165) is 40.1 Å². The molecule has 0 radical (unpaired) electrons. The highest BCUT2D eigenvalue weighted by molar-refractivity contribution is 7.00. The molecule has 0 spiro atoms. The Bertz CT molecular complexity index is 3400. The molecule has 7 aromatic carbocycles. The number of para-hydroxylation sites is 1. The Hall–Kier alpha value is -6.46. The number of rotatable bonds is 4. The normalized spacial score (nSPS) is 19.5. The molecule has 0 bridgehead atoms. The quantitative estimate of drug-likeness (QED) is 0.164. The second kappa shape index (κ2) is 15.3. The van der Waals surface area contributed by atoms with Crippen molar-refractivity contribution in [1.29, 1.82) is 0 Å². The second-order valence-electron chi connectivity index (χ2n) is 24.7. The minimum absolute atomic E-state index is 0.0222. The molecule has 1 aromatic heterocycles. The van der Waals surface area contributed by atoms with Crippen LogP contribution in [-0.2, 0) is 21.7 Å². The molecule has 0 amide bonds. The standard InChI is InChI=1S/C65H68BN3O/c1-41-36-55-58-56(37-41)68(52-33-27-44(62(5,6)7)38-49(52)42-20-14-13-15-21-42)59-48-31-26-45(63(8,9)10)39-57(48)70-60(59)66(58)51-32-30-47(40-54(51)67(55)46-28-24-43(25-29-46)61(2,3)4)69-53-23-17-16-22-50(53)64(11)34-18-19-35-65(64,69)12/h13-17,20-33,36-40H,18-19,34-35H2,1-12H3. The van der Waals surface area contributed by atoms with E-state index in [9.17, 15) is 0 Å². The lowest BCUT2D eigenvalue weighted by Crippen LogP contribution is -2.61. The van der Waals surface area contributed by atoms with Gasteiger partial charge in [-0.1, -0.05) is 161 Å². The van der Waals surface area contributed by atoms with Gasteiger partial charge in [0.05, 0.1) is 22.6 Å². The van der Waals surface area contributed by atoms with E-state index in [2.05, 4.69) is 243 Å². The largest absolute Gasteiger partial charge is 0.468 e. The first kappa shape index (κ1) is 44.7. The minimum atomic E-state index is -0.160. The number of aryl methyl sites for hydroxylation is 1. The summed E-state index contributed by atoms with van der Waals surface area (Å²) < 4.78 is 7.54. The zero-order valence-electron chi connectivity index (χ0n) is 43.5. The number of hydrogen-bond acceptors (Lipinski definition) is 4. The van der Waals surface area contributed by atoms with E-state index in [0.29, 0.717) is 0 Å². The monoisotopic (exact) mass is 918 g/mol. The fourth-order valence-electron chi connectivity index (χ4n) is 13.0. The van der Waals surface area contributed by atoms with Crippen LogP contribution >= 0.6 is 0 Å². The van der Waals surface area contributed by atoms with Gasteiger partial charge in [-0.3, -0.25) is 0 Å². The first-order valence-electron chi connectivity index (χ1n) is 25.9. The highest BCUT2D eigenvalue weighted by Gasteiger charge is 2.58. The van der Waals surface area contributed by atoms with E-state index in [4.69, 9.17) is 4.42 Å². The van der Waals surface area contributed by atoms with Crippen molar-refractivity contribution in [3.63, 3.8) is 0 Å². The van der Waals surface area contributed by atoms with Gasteiger partial charge in [-0.25, -0.2) is 0 Å². The molecular formula is C65H68BN3O.